The van der Waals surface area contributed by atoms with Gasteiger partial charge in [0, 0.05) is 24.6 Å². The summed E-state index contributed by atoms with van der Waals surface area (Å²) in [6.45, 7) is 3.69. The number of nitrogens with one attached hydrogen (secondary N) is 1. The molecule has 1 heterocycles. The number of methoxy groups -OCH3 is 1. The summed E-state index contributed by atoms with van der Waals surface area (Å²) in [4.78, 5) is 17.4. The second-order valence-electron chi connectivity index (χ2n) is 9.50. The summed E-state index contributed by atoms with van der Waals surface area (Å²) in [6.07, 6.45) is 0.918. The first-order chi connectivity index (χ1) is 19.2. The second kappa shape index (κ2) is 13.1. The Morgan fingerprint density at radius 3 is 2.40 bits per heavy atom. The molecule has 3 aromatic carbocycles. The normalized spacial score (nSPS) is 11.7. The number of halogens is 1. The Balaban J connectivity index is 1.46. The minimum Gasteiger partial charge on any atom is -0.495 e. The zero-order valence-corrected chi connectivity index (χ0v) is 24.1. The molecule has 0 aliphatic heterocycles. The molecule has 0 saturated carbocycles. The van der Waals surface area contributed by atoms with Crippen molar-refractivity contribution in [2.24, 2.45) is 0 Å². The minimum absolute atomic E-state index is 0.0226. The number of benzene rings is 3. The number of nitrogens with zero attached hydrogens (tertiary/aromatic N) is 3. The second-order valence-corrected chi connectivity index (χ2v) is 11.8. The fourth-order valence-electron chi connectivity index (χ4n) is 3.96. The highest BCUT2D eigenvalue weighted by Gasteiger charge is 2.27. The number of carbonyl (C=O) groups is 1. The first-order valence-corrected chi connectivity index (χ1v) is 14.6. The average molecular weight is 583 g/mol. The molecule has 0 aliphatic rings. The molecule has 0 unspecified atom stereocenters. The first kappa shape index (κ1) is 29.3. The van der Waals surface area contributed by atoms with Crippen molar-refractivity contribution in [2.45, 2.75) is 37.5 Å². The molecule has 40 heavy (non-hydrogen) atoms. The summed E-state index contributed by atoms with van der Waals surface area (Å²) in [5, 5.41) is 6.96. The highest BCUT2D eigenvalue weighted by Crippen LogP contribution is 2.28. The quantitative estimate of drug-likeness (QED) is 0.240. The van der Waals surface area contributed by atoms with E-state index in [9.17, 15) is 13.2 Å². The van der Waals surface area contributed by atoms with Crippen molar-refractivity contribution in [2.75, 3.05) is 25.5 Å². The van der Waals surface area contributed by atoms with Crippen molar-refractivity contribution < 1.29 is 22.5 Å². The molecule has 0 atom stereocenters. The molecule has 210 valence electrons. The number of aromatic nitrogens is 2. The van der Waals surface area contributed by atoms with E-state index >= 15 is 0 Å². The maximum Gasteiger partial charge on any atom is 0.243 e. The molecule has 0 radical (unpaired) electrons. The maximum atomic E-state index is 13.6. The van der Waals surface area contributed by atoms with Crippen molar-refractivity contribution in [1.82, 2.24) is 14.4 Å². The van der Waals surface area contributed by atoms with Crippen LogP contribution in [0.1, 0.15) is 42.6 Å². The van der Waals surface area contributed by atoms with Gasteiger partial charge in [0.1, 0.15) is 5.75 Å². The van der Waals surface area contributed by atoms with Gasteiger partial charge < -0.3 is 14.6 Å². The number of ether oxygens (including phenoxy) is 1. The van der Waals surface area contributed by atoms with E-state index in [1.165, 1.54) is 25.3 Å². The molecule has 0 spiro atoms. The summed E-state index contributed by atoms with van der Waals surface area (Å²) in [5.41, 5.74) is 2.43. The lowest BCUT2D eigenvalue weighted by atomic mass is 10.1. The molecule has 0 bridgehead atoms. The number of anilines is 1. The number of amides is 1. The number of hydrogen-bond donors (Lipinski definition) is 1. The third-order valence-corrected chi connectivity index (χ3v) is 8.29. The molecule has 0 fully saturated rings. The molecule has 4 aromatic rings. The molecule has 4 rings (SSSR count). The zero-order chi connectivity index (χ0) is 28.7. The Morgan fingerprint density at radius 1 is 1.05 bits per heavy atom. The van der Waals surface area contributed by atoms with E-state index in [0.717, 1.165) is 15.4 Å². The molecular formula is C29H31ClN4O5S. The van der Waals surface area contributed by atoms with Crippen molar-refractivity contribution in [3.8, 4) is 5.75 Å². The van der Waals surface area contributed by atoms with Crippen molar-refractivity contribution in [3.05, 3.63) is 101 Å². The van der Waals surface area contributed by atoms with Crippen LogP contribution in [0.15, 0.2) is 82.2 Å². The largest absolute Gasteiger partial charge is 0.495 e. The van der Waals surface area contributed by atoms with Gasteiger partial charge in [-0.2, -0.15) is 9.29 Å². The number of rotatable bonds is 12. The highest BCUT2D eigenvalue weighted by atomic mass is 35.5. The monoisotopic (exact) mass is 582 g/mol. The van der Waals surface area contributed by atoms with Gasteiger partial charge in [0.2, 0.25) is 21.8 Å². The van der Waals surface area contributed by atoms with Crippen LogP contribution in [0.2, 0.25) is 5.02 Å². The van der Waals surface area contributed by atoms with E-state index in [4.69, 9.17) is 20.9 Å². The molecule has 1 N–H and O–H groups in total. The fraction of sp³-hybridized carbons (Fsp3) is 0.276. The Morgan fingerprint density at radius 2 is 1.77 bits per heavy atom. The van der Waals surface area contributed by atoms with E-state index < -0.39 is 15.9 Å². The average Bonchev–Trinajstić information content (AvgIpc) is 3.41. The van der Waals surface area contributed by atoms with Crippen molar-refractivity contribution >= 4 is 33.2 Å². The van der Waals surface area contributed by atoms with Crippen LogP contribution in [0.3, 0.4) is 0 Å². The lowest BCUT2D eigenvalue weighted by Crippen LogP contribution is -2.39. The predicted molar refractivity (Wildman–Crippen MR) is 153 cm³/mol. The summed E-state index contributed by atoms with van der Waals surface area (Å²) < 4.78 is 38.7. The Hall–Kier alpha value is -3.73. The summed E-state index contributed by atoms with van der Waals surface area (Å²) >= 11 is 6.20. The smallest absolute Gasteiger partial charge is 0.243 e. The van der Waals surface area contributed by atoms with Gasteiger partial charge in [0.15, 0.2) is 5.82 Å². The van der Waals surface area contributed by atoms with Crippen LogP contribution in [0.5, 0.6) is 5.75 Å². The van der Waals surface area contributed by atoms with Crippen molar-refractivity contribution in [3.63, 3.8) is 0 Å². The summed E-state index contributed by atoms with van der Waals surface area (Å²) in [7, 11) is -2.59. The molecule has 9 nitrogen and oxygen atoms in total. The van der Waals surface area contributed by atoms with E-state index in [-0.39, 0.29) is 28.9 Å². The van der Waals surface area contributed by atoms with Crippen LogP contribution in [0.25, 0.3) is 0 Å². The van der Waals surface area contributed by atoms with Gasteiger partial charge in [-0.15, -0.1) is 0 Å². The highest BCUT2D eigenvalue weighted by molar-refractivity contribution is 7.89. The number of carbonyl (C=O) groups excluding carboxylic acids is 1. The van der Waals surface area contributed by atoms with Gasteiger partial charge in [0.25, 0.3) is 0 Å². The standard InChI is InChI=1S/C29H31ClN4O5S/c1-20(2)29-32-27(33-39-29)17-22-9-11-23(12-10-22)31-28(35)19-34(16-15-21-7-5-4-6-8-21)40(36,37)24-13-14-26(38-3)25(30)18-24/h4-14,18,20H,15-17,19H2,1-3H3,(H,31,35). The zero-order valence-electron chi connectivity index (χ0n) is 22.5. The molecule has 0 saturated heterocycles. The lowest BCUT2D eigenvalue weighted by molar-refractivity contribution is -0.116. The fourth-order valence-corrected chi connectivity index (χ4v) is 5.71. The van der Waals surface area contributed by atoms with E-state index in [0.29, 0.717) is 36.0 Å². The topological polar surface area (TPSA) is 115 Å². The van der Waals surface area contributed by atoms with E-state index in [1.54, 1.807) is 12.1 Å². The molecule has 1 aromatic heterocycles. The van der Waals surface area contributed by atoms with Gasteiger partial charge in [-0.3, -0.25) is 4.79 Å². The summed E-state index contributed by atoms with van der Waals surface area (Å²) in [6, 6.07) is 20.9. The SMILES string of the molecule is COc1ccc(S(=O)(=O)N(CCc2ccccc2)CC(=O)Nc2ccc(Cc3noc(C(C)C)n3)cc2)cc1Cl. The predicted octanol–water partition coefficient (Wildman–Crippen LogP) is 5.32. The van der Waals surface area contributed by atoms with Crippen LogP contribution < -0.4 is 10.1 Å². The van der Waals surface area contributed by atoms with Gasteiger partial charge in [0.05, 0.1) is 23.6 Å². The Bertz CT molecular complexity index is 1540. The number of hydrogen-bond acceptors (Lipinski definition) is 7. The first-order valence-electron chi connectivity index (χ1n) is 12.7. The van der Waals surface area contributed by atoms with Crippen LogP contribution in [0, 0.1) is 0 Å². The van der Waals surface area contributed by atoms with Gasteiger partial charge in [-0.1, -0.05) is 73.1 Å². The van der Waals surface area contributed by atoms with Gasteiger partial charge in [-0.25, -0.2) is 8.42 Å². The van der Waals surface area contributed by atoms with Crippen LogP contribution in [-0.4, -0.2) is 49.0 Å². The third-order valence-electron chi connectivity index (χ3n) is 6.15. The molecule has 0 aliphatic carbocycles. The number of sulfonamides is 1. The van der Waals surface area contributed by atoms with Crippen molar-refractivity contribution in [1.29, 1.82) is 0 Å². The minimum atomic E-state index is -4.04. The lowest BCUT2D eigenvalue weighted by Gasteiger charge is -2.22. The maximum absolute atomic E-state index is 13.6. The summed E-state index contributed by atoms with van der Waals surface area (Å²) in [5.74, 6) is 1.21. The molecular weight excluding hydrogens is 552 g/mol. The van der Waals surface area contributed by atoms with E-state index in [1.807, 2.05) is 56.3 Å². The molecule has 11 heteroatoms. The Kier molecular flexibility index (Phi) is 9.57. The van der Waals surface area contributed by atoms with Gasteiger partial charge >= 0.3 is 0 Å². The van der Waals surface area contributed by atoms with Gasteiger partial charge in [-0.05, 0) is 47.9 Å². The molecule has 1 amide bonds. The van der Waals surface area contributed by atoms with Crippen LogP contribution >= 0.6 is 11.6 Å². The van der Waals surface area contributed by atoms with Crippen LogP contribution in [0.4, 0.5) is 5.69 Å². The van der Waals surface area contributed by atoms with Crippen LogP contribution in [-0.2, 0) is 27.7 Å². The Labute approximate surface area is 239 Å². The third kappa shape index (κ3) is 7.47. The van der Waals surface area contributed by atoms with E-state index in [2.05, 4.69) is 15.5 Å².